The van der Waals surface area contributed by atoms with Crippen molar-refractivity contribution in [2.75, 3.05) is 6.61 Å². The van der Waals surface area contributed by atoms with Crippen LogP contribution in [0.15, 0.2) is 0 Å². The summed E-state index contributed by atoms with van der Waals surface area (Å²) in [6, 6.07) is 0.300. The molecule has 3 N–H and O–H groups in total. The van der Waals surface area contributed by atoms with Crippen LogP contribution in [0.5, 0.6) is 0 Å². The van der Waals surface area contributed by atoms with Crippen molar-refractivity contribution in [2.45, 2.75) is 84.3 Å². The molecule has 0 saturated heterocycles. The van der Waals surface area contributed by atoms with Gasteiger partial charge in [-0.3, -0.25) is 11.3 Å². The average molecular weight is 256 g/mol. The van der Waals surface area contributed by atoms with Gasteiger partial charge in [0.05, 0.1) is 11.6 Å². The second-order valence-electron chi connectivity index (χ2n) is 6.52. The molecule has 0 aromatic rings. The molecule has 0 aromatic heterocycles. The first-order chi connectivity index (χ1) is 8.49. The maximum absolute atomic E-state index is 6.17. The molecular formula is C15H32N2O. The van der Waals surface area contributed by atoms with Gasteiger partial charge in [0.2, 0.25) is 0 Å². The molecular weight excluding hydrogens is 224 g/mol. The molecule has 18 heavy (non-hydrogen) atoms. The summed E-state index contributed by atoms with van der Waals surface area (Å²) in [5.41, 5.74) is 3.46. The summed E-state index contributed by atoms with van der Waals surface area (Å²) in [5.74, 6) is 5.80. The van der Waals surface area contributed by atoms with E-state index in [9.17, 15) is 0 Å². The summed E-state index contributed by atoms with van der Waals surface area (Å²) in [6.45, 7) is 9.82. The van der Waals surface area contributed by atoms with Gasteiger partial charge in [-0.25, -0.2) is 0 Å². The Bertz CT molecular complexity index is 231. The maximum Gasteiger partial charge on any atom is 0.0848 e. The number of nitrogens with two attached hydrogens (primary N) is 1. The van der Waals surface area contributed by atoms with Gasteiger partial charge in [0.1, 0.15) is 0 Å². The fourth-order valence-corrected chi connectivity index (χ4v) is 3.14. The van der Waals surface area contributed by atoms with E-state index in [1.165, 1.54) is 25.7 Å². The highest BCUT2D eigenvalue weighted by Crippen LogP contribution is 2.44. The first-order valence-electron chi connectivity index (χ1n) is 7.60. The maximum atomic E-state index is 6.17. The van der Waals surface area contributed by atoms with Gasteiger partial charge in [-0.05, 0) is 44.4 Å². The van der Waals surface area contributed by atoms with E-state index in [-0.39, 0.29) is 5.60 Å². The Morgan fingerprint density at radius 2 is 1.78 bits per heavy atom. The molecule has 1 fully saturated rings. The Morgan fingerprint density at radius 3 is 2.22 bits per heavy atom. The van der Waals surface area contributed by atoms with Crippen molar-refractivity contribution in [2.24, 2.45) is 11.3 Å². The molecule has 1 rings (SSSR count). The van der Waals surface area contributed by atoms with E-state index in [1.807, 2.05) is 0 Å². The quantitative estimate of drug-likeness (QED) is 0.542. The molecule has 1 aliphatic carbocycles. The van der Waals surface area contributed by atoms with E-state index >= 15 is 0 Å². The molecule has 1 aliphatic rings. The second-order valence-corrected chi connectivity index (χ2v) is 6.52. The number of ether oxygens (including phenoxy) is 1. The van der Waals surface area contributed by atoms with Gasteiger partial charge in [-0.2, -0.15) is 0 Å². The Kier molecular flexibility index (Phi) is 6.09. The van der Waals surface area contributed by atoms with E-state index in [1.54, 1.807) is 0 Å². The molecule has 1 saturated carbocycles. The first kappa shape index (κ1) is 15.9. The van der Waals surface area contributed by atoms with Gasteiger partial charge >= 0.3 is 0 Å². The minimum absolute atomic E-state index is 0.0335. The van der Waals surface area contributed by atoms with Crippen molar-refractivity contribution in [3.8, 4) is 0 Å². The third-order valence-corrected chi connectivity index (χ3v) is 4.56. The zero-order valence-electron chi connectivity index (χ0n) is 12.7. The van der Waals surface area contributed by atoms with Crippen LogP contribution in [0.3, 0.4) is 0 Å². The number of nitrogens with one attached hydrogen (secondary N) is 1. The zero-order chi connectivity index (χ0) is 13.6. The summed E-state index contributed by atoms with van der Waals surface area (Å²) in [4.78, 5) is 0. The van der Waals surface area contributed by atoms with Crippen LogP contribution < -0.4 is 11.3 Å². The fourth-order valence-electron chi connectivity index (χ4n) is 3.14. The van der Waals surface area contributed by atoms with Crippen molar-refractivity contribution >= 4 is 0 Å². The second kappa shape index (κ2) is 6.88. The highest BCUT2D eigenvalue weighted by Gasteiger charge is 2.44. The largest absolute Gasteiger partial charge is 0.374 e. The number of rotatable bonds is 7. The van der Waals surface area contributed by atoms with Crippen molar-refractivity contribution < 1.29 is 4.74 Å². The van der Waals surface area contributed by atoms with E-state index in [2.05, 4.69) is 33.1 Å². The smallest absolute Gasteiger partial charge is 0.0848 e. The normalized spacial score (nSPS) is 23.8. The molecule has 0 amide bonds. The molecule has 1 unspecified atom stereocenters. The van der Waals surface area contributed by atoms with E-state index in [0.29, 0.717) is 11.5 Å². The minimum atomic E-state index is -0.0335. The first-order valence-corrected chi connectivity index (χ1v) is 7.60. The monoisotopic (exact) mass is 256 g/mol. The third-order valence-electron chi connectivity index (χ3n) is 4.56. The van der Waals surface area contributed by atoms with Crippen molar-refractivity contribution in [3.63, 3.8) is 0 Å². The van der Waals surface area contributed by atoms with Crippen LogP contribution in [0.1, 0.15) is 72.6 Å². The minimum Gasteiger partial charge on any atom is -0.374 e. The fraction of sp³-hybridized carbons (Fsp3) is 1.00. The van der Waals surface area contributed by atoms with Crippen LogP contribution in [-0.2, 0) is 4.74 Å². The zero-order valence-corrected chi connectivity index (χ0v) is 12.7. The van der Waals surface area contributed by atoms with Crippen molar-refractivity contribution in [1.82, 2.24) is 5.43 Å². The molecule has 0 aromatic carbocycles. The summed E-state index contributed by atoms with van der Waals surface area (Å²) >= 11 is 0. The molecule has 0 heterocycles. The average Bonchev–Trinajstić information content (AvgIpc) is 2.34. The Hall–Kier alpha value is -0.120. The van der Waals surface area contributed by atoms with Crippen LogP contribution >= 0.6 is 0 Å². The highest BCUT2D eigenvalue weighted by molar-refractivity contribution is 4.98. The Morgan fingerprint density at radius 1 is 1.17 bits per heavy atom. The predicted molar refractivity (Wildman–Crippen MR) is 77.2 cm³/mol. The summed E-state index contributed by atoms with van der Waals surface area (Å²) < 4.78 is 6.17. The van der Waals surface area contributed by atoms with Gasteiger partial charge in [0, 0.05) is 6.61 Å². The summed E-state index contributed by atoms with van der Waals surface area (Å²) in [7, 11) is 0. The van der Waals surface area contributed by atoms with Gasteiger partial charge in [-0.1, -0.05) is 33.6 Å². The summed E-state index contributed by atoms with van der Waals surface area (Å²) in [5, 5.41) is 0. The van der Waals surface area contributed by atoms with Crippen LogP contribution in [-0.4, -0.2) is 18.2 Å². The molecule has 108 valence electrons. The lowest BCUT2D eigenvalue weighted by Gasteiger charge is -2.47. The predicted octanol–water partition coefficient (Wildman–Crippen LogP) is 3.38. The molecule has 3 nitrogen and oxygen atoms in total. The van der Waals surface area contributed by atoms with Gasteiger partial charge in [0.25, 0.3) is 0 Å². The van der Waals surface area contributed by atoms with Crippen LogP contribution in [0.2, 0.25) is 0 Å². The number of hydrazine groups is 1. The molecule has 0 aliphatic heterocycles. The summed E-state index contributed by atoms with van der Waals surface area (Å²) in [6.07, 6.45) is 8.28. The topological polar surface area (TPSA) is 47.3 Å². The van der Waals surface area contributed by atoms with Crippen LogP contribution in [0, 0.1) is 5.41 Å². The lowest BCUT2D eigenvalue weighted by molar-refractivity contribution is -0.108. The van der Waals surface area contributed by atoms with Crippen LogP contribution in [0.25, 0.3) is 0 Å². The Labute approximate surface area is 113 Å². The Balaban J connectivity index is 2.72. The SMILES string of the molecule is CCCCC(NN)C1(OCC)CCC(C)(C)CC1. The van der Waals surface area contributed by atoms with E-state index < -0.39 is 0 Å². The van der Waals surface area contributed by atoms with Gasteiger partial charge in [0.15, 0.2) is 0 Å². The van der Waals surface area contributed by atoms with E-state index in [0.717, 1.165) is 25.9 Å². The third kappa shape index (κ3) is 3.94. The number of hydrogen-bond acceptors (Lipinski definition) is 3. The standard InChI is InChI=1S/C15H32N2O/c1-5-7-8-13(17-16)15(18-6-2)11-9-14(3,4)10-12-15/h13,17H,5-12,16H2,1-4H3. The molecule has 0 spiro atoms. The van der Waals surface area contributed by atoms with Crippen molar-refractivity contribution in [3.05, 3.63) is 0 Å². The van der Waals surface area contributed by atoms with Gasteiger partial charge in [-0.15, -0.1) is 0 Å². The molecule has 3 heteroatoms. The lowest BCUT2D eigenvalue weighted by atomic mass is 9.68. The molecule has 0 bridgehead atoms. The number of hydrogen-bond donors (Lipinski definition) is 2. The lowest BCUT2D eigenvalue weighted by Crippen LogP contribution is -2.57. The highest BCUT2D eigenvalue weighted by atomic mass is 16.5. The molecule has 1 atom stereocenters. The van der Waals surface area contributed by atoms with E-state index in [4.69, 9.17) is 10.6 Å². The van der Waals surface area contributed by atoms with Crippen molar-refractivity contribution in [1.29, 1.82) is 0 Å². The van der Waals surface area contributed by atoms with Gasteiger partial charge < -0.3 is 4.74 Å². The number of unbranched alkanes of at least 4 members (excludes halogenated alkanes) is 1. The van der Waals surface area contributed by atoms with Crippen LogP contribution in [0.4, 0.5) is 0 Å². The molecule has 0 radical (unpaired) electrons.